The molecule has 0 aliphatic rings. The first-order valence-electron chi connectivity index (χ1n) is 3.95. The number of nitrogens with zero attached hydrogens (tertiary/aromatic N) is 1. The van der Waals surface area contributed by atoms with Gasteiger partial charge in [-0.3, -0.25) is 4.79 Å². The third-order valence-corrected chi connectivity index (χ3v) is 1.38. The molecule has 7 heteroatoms. The van der Waals surface area contributed by atoms with Crippen LogP contribution in [0, 0.1) is 12.3 Å². The lowest BCUT2D eigenvalue weighted by Gasteiger charge is -2.11. The van der Waals surface area contributed by atoms with Crippen molar-refractivity contribution in [2.45, 2.75) is 0 Å². The van der Waals surface area contributed by atoms with Crippen molar-refractivity contribution in [3.63, 3.8) is 0 Å². The Morgan fingerprint density at radius 1 is 1.38 bits per heavy atom. The van der Waals surface area contributed by atoms with Crippen LogP contribution in [-0.4, -0.2) is 37.0 Å². The Hall–Kier alpha value is -1.97. The fraction of sp³-hybridized carbons (Fsp3) is 0.333. The van der Waals surface area contributed by atoms with Crippen molar-refractivity contribution in [1.29, 1.82) is 0 Å². The molecule has 0 bridgehead atoms. The van der Waals surface area contributed by atoms with Gasteiger partial charge in [-0.05, 0) is 0 Å². The average molecular weight is 235 g/mol. The monoisotopic (exact) mass is 235 g/mol. The Bertz CT molecular complexity index is 356. The first-order chi connectivity index (χ1) is 7.40. The Labute approximate surface area is 89.7 Å². The molecule has 0 aliphatic heterocycles. The van der Waals surface area contributed by atoms with Gasteiger partial charge in [0, 0.05) is 7.05 Å². The zero-order valence-corrected chi connectivity index (χ0v) is 8.30. The van der Waals surface area contributed by atoms with Crippen LogP contribution in [0.15, 0.2) is 11.9 Å². The summed E-state index contributed by atoms with van der Waals surface area (Å²) < 4.78 is 39.3. The topological polar surface area (TPSA) is 46.6 Å². The van der Waals surface area contributed by atoms with E-state index >= 15 is 0 Å². The van der Waals surface area contributed by atoms with Crippen molar-refractivity contribution < 1.29 is 27.5 Å². The number of esters is 1. The highest BCUT2D eigenvalue weighted by atomic mass is 19.3. The van der Waals surface area contributed by atoms with Gasteiger partial charge >= 0.3 is 18.0 Å². The first kappa shape index (κ1) is 14.0. The molecule has 0 radical (unpaired) electrons. The summed E-state index contributed by atoms with van der Waals surface area (Å²) in [5, 5.41) is 0. The summed E-state index contributed by atoms with van der Waals surface area (Å²) >= 11 is 0. The maximum Gasteiger partial charge on any atom is 0.397 e. The van der Waals surface area contributed by atoms with Crippen molar-refractivity contribution in [3.05, 3.63) is 11.9 Å². The predicted molar refractivity (Wildman–Crippen MR) is 47.8 cm³/mol. The van der Waals surface area contributed by atoms with E-state index in [0.29, 0.717) is 0 Å². The molecule has 4 nitrogen and oxygen atoms in total. The molecule has 16 heavy (non-hydrogen) atoms. The van der Waals surface area contributed by atoms with Crippen molar-refractivity contribution in [3.8, 4) is 12.3 Å². The Morgan fingerprint density at radius 3 is 2.38 bits per heavy atom. The van der Waals surface area contributed by atoms with Crippen LogP contribution in [0.25, 0.3) is 0 Å². The second-order valence-electron chi connectivity index (χ2n) is 2.61. The summed E-state index contributed by atoms with van der Waals surface area (Å²) in [6.07, 6.45) is 2.27. The highest BCUT2D eigenvalue weighted by Gasteiger charge is 2.20. The minimum atomic E-state index is -2.60. The molecule has 0 aromatic heterocycles. The fourth-order valence-electron chi connectivity index (χ4n) is 0.610. The number of likely N-dealkylation sites (N-methyl/N-ethyl adjacent to an activating group) is 1. The Morgan fingerprint density at radius 2 is 1.94 bits per heavy atom. The van der Waals surface area contributed by atoms with E-state index in [4.69, 9.17) is 6.42 Å². The lowest BCUT2D eigenvalue weighted by molar-refractivity contribution is -0.158. The molecule has 0 fully saturated rings. The van der Waals surface area contributed by atoms with Crippen molar-refractivity contribution >= 4 is 11.9 Å². The normalized spacial score (nSPS) is 8.94. The van der Waals surface area contributed by atoms with Crippen molar-refractivity contribution in [2.24, 2.45) is 0 Å². The van der Waals surface area contributed by atoms with Crippen LogP contribution in [0.1, 0.15) is 0 Å². The molecule has 88 valence electrons. The SMILES string of the molecule is C#CCN(C)C(=O)C(=O)OCC(F)=C(F)F. The first-order valence-corrected chi connectivity index (χ1v) is 3.95. The fourth-order valence-corrected chi connectivity index (χ4v) is 0.610. The highest BCUT2D eigenvalue weighted by Crippen LogP contribution is 2.09. The van der Waals surface area contributed by atoms with Gasteiger partial charge in [-0.15, -0.1) is 6.42 Å². The van der Waals surface area contributed by atoms with Gasteiger partial charge in [0.05, 0.1) is 6.54 Å². The number of halogens is 3. The van der Waals surface area contributed by atoms with Gasteiger partial charge in [-0.1, -0.05) is 5.92 Å². The summed E-state index contributed by atoms with van der Waals surface area (Å²) in [7, 11) is 1.21. The van der Waals surface area contributed by atoms with Crippen LogP contribution in [0.3, 0.4) is 0 Å². The molecule has 0 aliphatic carbocycles. The third-order valence-electron chi connectivity index (χ3n) is 1.38. The predicted octanol–water partition coefficient (Wildman–Crippen LogP) is 0.699. The summed E-state index contributed by atoms with van der Waals surface area (Å²) in [6.45, 7) is -1.43. The molecule has 0 N–H and O–H groups in total. The molecule has 0 aromatic carbocycles. The molecule has 0 rings (SSSR count). The van der Waals surface area contributed by atoms with E-state index in [0.717, 1.165) is 4.90 Å². The molecule has 0 heterocycles. The second-order valence-corrected chi connectivity index (χ2v) is 2.61. The maximum absolute atomic E-state index is 12.2. The Kier molecular flexibility index (Phi) is 5.70. The number of hydrogen-bond acceptors (Lipinski definition) is 3. The van der Waals surface area contributed by atoms with Crippen LogP contribution in [0.4, 0.5) is 13.2 Å². The van der Waals surface area contributed by atoms with E-state index < -0.39 is 30.4 Å². The van der Waals surface area contributed by atoms with Gasteiger partial charge < -0.3 is 9.64 Å². The van der Waals surface area contributed by atoms with Crippen LogP contribution < -0.4 is 0 Å². The summed E-state index contributed by atoms with van der Waals surface area (Å²) in [6, 6.07) is 0. The number of rotatable bonds is 3. The minimum absolute atomic E-state index is 0.149. The van der Waals surface area contributed by atoms with Gasteiger partial charge in [0.1, 0.15) is 6.61 Å². The zero-order valence-electron chi connectivity index (χ0n) is 8.30. The van der Waals surface area contributed by atoms with Crippen molar-refractivity contribution in [1.82, 2.24) is 4.90 Å². The van der Waals surface area contributed by atoms with E-state index in [-0.39, 0.29) is 6.54 Å². The molecule has 0 saturated heterocycles. The van der Waals surface area contributed by atoms with Crippen LogP contribution in [0.5, 0.6) is 0 Å². The molecule has 0 unspecified atom stereocenters. The van der Waals surface area contributed by atoms with Crippen LogP contribution >= 0.6 is 0 Å². The largest absolute Gasteiger partial charge is 0.451 e. The van der Waals surface area contributed by atoms with Gasteiger partial charge in [-0.2, -0.15) is 8.78 Å². The zero-order chi connectivity index (χ0) is 12.7. The molecule has 0 saturated carbocycles. The van der Waals surface area contributed by atoms with Crippen LogP contribution in [0.2, 0.25) is 0 Å². The number of carbonyl (C=O) groups excluding carboxylic acids is 2. The standard InChI is InChI=1S/C9H8F3NO3/c1-3-4-13(2)8(14)9(15)16-5-6(10)7(11)12/h1H,4-5H2,2H3. The Balaban J connectivity index is 4.24. The van der Waals surface area contributed by atoms with Crippen molar-refractivity contribution in [2.75, 3.05) is 20.2 Å². The highest BCUT2D eigenvalue weighted by molar-refractivity contribution is 6.32. The van der Waals surface area contributed by atoms with E-state index in [2.05, 4.69) is 10.7 Å². The smallest absolute Gasteiger partial charge is 0.397 e. The van der Waals surface area contributed by atoms with E-state index in [1.54, 1.807) is 0 Å². The maximum atomic E-state index is 12.2. The van der Waals surface area contributed by atoms with Gasteiger partial charge in [0.15, 0.2) is 0 Å². The van der Waals surface area contributed by atoms with E-state index in [1.807, 2.05) is 0 Å². The molecule has 0 atom stereocenters. The van der Waals surface area contributed by atoms with E-state index in [9.17, 15) is 22.8 Å². The molecular formula is C9H8F3NO3. The third kappa shape index (κ3) is 4.50. The lowest BCUT2D eigenvalue weighted by atomic mass is 10.5. The van der Waals surface area contributed by atoms with Gasteiger partial charge in [0.2, 0.25) is 5.83 Å². The molecule has 0 spiro atoms. The molecular weight excluding hydrogens is 227 g/mol. The van der Waals surface area contributed by atoms with Crippen LogP contribution in [-0.2, 0) is 14.3 Å². The second kappa shape index (κ2) is 6.50. The van der Waals surface area contributed by atoms with E-state index in [1.165, 1.54) is 7.05 Å². The lowest BCUT2D eigenvalue weighted by Crippen LogP contribution is -2.35. The quantitative estimate of drug-likeness (QED) is 0.411. The molecule has 1 amide bonds. The summed E-state index contributed by atoms with van der Waals surface area (Å²) in [4.78, 5) is 22.7. The number of ether oxygens (including phenoxy) is 1. The van der Waals surface area contributed by atoms with Gasteiger partial charge in [0.25, 0.3) is 0 Å². The number of carbonyl (C=O) groups is 2. The minimum Gasteiger partial charge on any atom is -0.451 e. The average Bonchev–Trinajstić information content (AvgIpc) is 2.24. The number of hydrogen-bond donors (Lipinski definition) is 0. The number of terminal acetylenes is 1. The summed E-state index contributed by atoms with van der Waals surface area (Å²) in [5.41, 5.74) is 0. The van der Waals surface area contributed by atoms with Gasteiger partial charge in [-0.25, -0.2) is 9.18 Å². The summed E-state index contributed by atoms with van der Waals surface area (Å²) in [5.74, 6) is -2.41. The number of amides is 1. The molecule has 0 aromatic rings.